The zero-order valence-electron chi connectivity index (χ0n) is 19.5. The van der Waals surface area contributed by atoms with E-state index in [-0.39, 0.29) is 5.91 Å². The Morgan fingerprint density at radius 3 is 1.94 bits per heavy atom. The van der Waals surface area contributed by atoms with Crippen molar-refractivity contribution in [3.05, 3.63) is 59.2 Å². The van der Waals surface area contributed by atoms with Crippen LogP contribution in [0.15, 0.2) is 42.5 Å². The van der Waals surface area contributed by atoms with E-state index in [2.05, 4.69) is 24.1 Å². The highest BCUT2D eigenvalue weighted by molar-refractivity contribution is 7.92. The standard InChI is InChI=1S/C24H35N3O3S/c1-7-23(27(31(6,29)30)22-15-18(4)14-19(5)16-22)24(28)25-17-20-10-12-21(13-11-20)26(8-2)9-3/h10-16,23H,7-9,17H2,1-6H3,(H,25,28)/t23-/m1/s1. The van der Waals surface area contributed by atoms with Gasteiger partial charge in [0, 0.05) is 25.3 Å². The van der Waals surface area contributed by atoms with Crippen LogP contribution in [0.5, 0.6) is 0 Å². The summed E-state index contributed by atoms with van der Waals surface area (Å²) in [6.45, 7) is 12.1. The van der Waals surface area contributed by atoms with Crippen LogP contribution in [0, 0.1) is 13.8 Å². The molecule has 1 N–H and O–H groups in total. The summed E-state index contributed by atoms with van der Waals surface area (Å²) in [5.41, 5.74) is 4.53. The summed E-state index contributed by atoms with van der Waals surface area (Å²) < 4.78 is 26.5. The maximum atomic E-state index is 13.0. The highest BCUT2D eigenvalue weighted by Gasteiger charge is 2.31. The van der Waals surface area contributed by atoms with E-state index in [0.717, 1.165) is 41.7 Å². The van der Waals surface area contributed by atoms with Crippen LogP contribution in [-0.4, -0.2) is 39.7 Å². The summed E-state index contributed by atoms with van der Waals surface area (Å²) in [6.07, 6.45) is 1.51. The van der Waals surface area contributed by atoms with Crippen LogP contribution in [0.25, 0.3) is 0 Å². The van der Waals surface area contributed by atoms with Gasteiger partial charge in [-0.2, -0.15) is 0 Å². The Morgan fingerprint density at radius 1 is 0.935 bits per heavy atom. The molecule has 0 aliphatic heterocycles. The van der Waals surface area contributed by atoms with E-state index in [1.165, 1.54) is 4.31 Å². The van der Waals surface area contributed by atoms with E-state index in [1.54, 1.807) is 12.1 Å². The topological polar surface area (TPSA) is 69.7 Å². The lowest BCUT2D eigenvalue weighted by Gasteiger charge is -2.30. The number of carbonyl (C=O) groups is 1. The second-order valence-electron chi connectivity index (χ2n) is 7.89. The van der Waals surface area contributed by atoms with Crippen molar-refractivity contribution in [2.75, 3.05) is 28.6 Å². The lowest BCUT2D eigenvalue weighted by atomic mass is 10.1. The molecule has 2 aromatic rings. The highest BCUT2D eigenvalue weighted by atomic mass is 32.2. The number of amides is 1. The first-order chi connectivity index (χ1) is 14.6. The Morgan fingerprint density at radius 2 is 1.48 bits per heavy atom. The third-order valence-electron chi connectivity index (χ3n) is 5.32. The van der Waals surface area contributed by atoms with E-state index in [0.29, 0.717) is 18.7 Å². The normalized spacial score (nSPS) is 12.3. The molecule has 1 amide bonds. The monoisotopic (exact) mass is 445 g/mol. The predicted octanol–water partition coefficient (Wildman–Crippen LogP) is 4.01. The molecule has 0 spiro atoms. The quantitative estimate of drug-likeness (QED) is 0.600. The van der Waals surface area contributed by atoms with E-state index in [4.69, 9.17) is 0 Å². The molecule has 0 fully saturated rings. The van der Waals surface area contributed by atoms with Crippen LogP contribution in [-0.2, 0) is 21.4 Å². The minimum absolute atomic E-state index is 0.306. The zero-order valence-corrected chi connectivity index (χ0v) is 20.3. The molecule has 0 saturated carbocycles. The lowest BCUT2D eigenvalue weighted by Crippen LogP contribution is -2.49. The van der Waals surface area contributed by atoms with Gasteiger partial charge in [0.15, 0.2) is 0 Å². The lowest BCUT2D eigenvalue weighted by molar-refractivity contribution is -0.122. The average Bonchev–Trinajstić information content (AvgIpc) is 2.70. The summed E-state index contributed by atoms with van der Waals surface area (Å²) in [5, 5.41) is 2.92. The van der Waals surface area contributed by atoms with Gasteiger partial charge in [0.1, 0.15) is 6.04 Å². The fourth-order valence-corrected chi connectivity index (χ4v) is 5.05. The van der Waals surface area contributed by atoms with Crippen molar-refractivity contribution in [1.29, 1.82) is 0 Å². The molecule has 0 aliphatic carbocycles. The number of carbonyl (C=O) groups excluding carboxylic acids is 1. The second kappa shape index (κ2) is 10.7. The van der Waals surface area contributed by atoms with Gasteiger partial charge in [-0.15, -0.1) is 0 Å². The van der Waals surface area contributed by atoms with Gasteiger partial charge in [0.2, 0.25) is 15.9 Å². The molecule has 31 heavy (non-hydrogen) atoms. The highest BCUT2D eigenvalue weighted by Crippen LogP contribution is 2.25. The van der Waals surface area contributed by atoms with Crippen LogP contribution in [0.1, 0.15) is 43.9 Å². The molecule has 2 aromatic carbocycles. The summed E-state index contributed by atoms with van der Waals surface area (Å²) in [6, 6.07) is 12.8. The Labute approximate surface area is 187 Å². The number of hydrogen-bond donors (Lipinski definition) is 1. The molecule has 7 heteroatoms. The summed E-state index contributed by atoms with van der Waals surface area (Å²) in [5.74, 6) is -0.306. The maximum Gasteiger partial charge on any atom is 0.244 e. The fraction of sp³-hybridized carbons (Fsp3) is 0.458. The number of benzene rings is 2. The van der Waals surface area contributed by atoms with Crippen LogP contribution >= 0.6 is 0 Å². The van der Waals surface area contributed by atoms with Gasteiger partial charge in [-0.1, -0.05) is 25.1 Å². The number of nitrogens with zero attached hydrogens (tertiary/aromatic N) is 2. The zero-order chi connectivity index (χ0) is 23.2. The summed E-state index contributed by atoms with van der Waals surface area (Å²) in [4.78, 5) is 15.3. The molecule has 0 radical (unpaired) electrons. The number of aryl methyl sites for hydroxylation is 2. The molecular formula is C24H35N3O3S. The minimum Gasteiger partial charge on any atom is -0.372 e. The van der Waals surface area contributed by atoms with Gasteiger partial charge in [0.05, 0.1) is 11.9 Å². The Kier molecular flexibility index (Phi) is 8.51. The van der Waals surface area contributed by atoms with Crippen molar-refractivity contribution in [2.24, 2.45) is 0 Å². The molecule has 1 atom stereocenters. The van der Waals surface area contributed by atoms with Crippen LogP contribution in [0.3, 0.4) is 0 Å². The van der Waals surface area contributed by atoms with Crippen molar-refractivity contribution < 1.29 is 13.2 Å². The third kappa shape index (κ3) is 6.47. The first-order valence-electron chi connectivity index (χ1n) is 10.8. The second-order valence-corrected chi connectivity index (χ2v) is 9.74. The first-order valence-corrected chi connectivity index (χ1v) is 12.6. The molecule has 0 aromatic heterocycles. The van der Waals surface area contributed by atoms with Crippen molar-refractivity contribution in [3.8, 4) is 0 Å². The summed E-state index contributed by atoms with van der Waals surface area (Å²) in [7, 11) is -3.64. The first kappa shape index (κ1) is 24.7. The Bertz CT molecular complexity index is 963. The molecule has 0 saturated heterocycles. The van der Waals surface area contributed by atoms with Gasteiger partial charge < -0.3 is 10.2 Å². The molecule has 0 unspecified atom stereocenters. The average molecular weight is 446 g/mol. The largest absolute Gasteiger partial charge is 0.372 e. The molecule has 0 heterocycles. The van der Waals surface area contributed by atoms with Crippen LogP contribution < -0.4 is 14.5 Å². The number of hydrogen-bond acceptors (Lipinski definition) is 4. The van der Waals surface area contributed by atoms with Crippen molar-refractivity contribution in [2.45, 2.75) is 53.6 Å². The minimum atomic E-state index is -3.64. The van der Waals surface area contributed by atoms with E-state index in [9.17, 15) is 13.2 Å². The molecule has 0 bridgehead atoms. The number of rotatable bonds is 10. The van der Waals surface area contributed by atoms with Gasteiger partial charge >= 0.3 is 0 Å². The SMILES string of the molecule is CC[C@H](C(=O)NCc1ccc(N(CC)CC)cc1)N(c1cc(C)cc(C)c1)S(C)(=O)=O. The molecule has 2 rings (SSSR count). The van der Waals surface area contributed by atoms with E-state index >= 15 is 0 Å². The number of sulfonamides is 1. The molecule has 6 nitrogen and oxygen atoms in total. The molecule has 0 aliphatic rings. The molecular weight excluding hydrogens is 410 g/mol. The van der Waals surface area contributed by atoms with Crippen LogP contribution in [0.2, 0.25) is 0 Å². The van der Waals surface area contributed by atoms with Gasteiger partial charge in [-0.25, -0.2) is 8.42 Å². The smallest absolute Gasteiger partial charge is 0.244 e. The van der Waals surface area contributed by atoms with Crippen molar-refractivity contribution >= 4 is 27.3 Å². The van der Waals surface area contributed by atoms with Crippen molar-refractivity contribution in [1.82, 2.24) is 5.32 Å². The Hall–Kier alpha value is -2.54. The number of anilines is 2. The van der Waals surface area contributed by atoms with E-state index in [1.807, 2.05) is 51.1 Å². The summed E-state index contributed by atoms with van der Waals surface area (Å²) >= 11 is 0. The van der Waals surface area contributed by atoms with Crippen LogP contribution in [0.4, 0.5) is 11.4 Å². The van der Waals surface area contributed by atoms with E-state index < -0.39 is 16.1 Å². The van der Waals surface area contributed by atoms with Gasteiger partial charge in [0.25, 0.3) is 0 Å². The van der Waals surface area contributed by atoms with Gasteiger partial charge in [-0.3, -0.25) is 9.10 Å². The maximum absolute atomic E-state index is 13.0. The Balaban J connectivity index is 2.20. The third-order valence-corrected chi connectivity index (χ3v) is 6.50. The fourth-order valence-electron chi connectivity index (χ4n) is 3.86. The van der Waals surface area contributed by atoms with Gasteiger partial charge in [-0.05, 0) is 75.1 Å². The van der Waals surface area contributed by atoms with Crippen molar-refractivity contribution in [3.63, 3.8) is 0 Å². The number of nitrogens with one attached hydrogen (secondary N) is 1. The molecule has 170 valence electrons. The predicted molar refractivity (Wildman–Crippen MR) is 129 cm³/mol.